The van der Waals surface area contributed by atoms with E-state index in [1.54, 1.807) is 0 Å². The Bertz CT molecular complexity index is 794. The molecule has 1 aromatic heterocycles. The number of anilines is 1. The number of methoxy groups -OCH3 is 1. The Hall–Kier alpha value is -2.96. The highest BCUT2D eigenvalue weighted by atomic mass is 16.6. The smallest absolute Gasteiger partial charge is 0.339 e. The third-order valence-electron chi connectivity index (χ3n) is 4.58. The SMILES string of the molecule is COC(=O)c1cnc(N2CC(c3ccccc3)CC2C)c([N+](=O)[O-])c1. The van der Waals surface area contributed by atoms with Crippen molar-refractivity contribution in [1.82, 2.24) is 4.98 Å². The highest BCUT2D eigenvalue weighted by molar-refractivity contribution is 5.90. The Morgan fingerprint density at radius 2 is 2.08 bits per heavy atom. The molecule has 2 heterocycles. The molecule has 0 bridgehead atoms. The van der Waals surface area contributed by atoms with Crippen LogP contribution >= 0.6 is 0 Å². The third kappa shape index (κ3) is 3.31. The summed E-state index contributed by atoms with van der Waals surface area (Å²) in [6.45, 7) is 2.68. The molecule has 0 saturated carbocycles. The van der Waals surface area contributed by atoms with Gasteiger partial charge in [-0.05, 0) is 18.9 Å². The first-order valence-corrected chi connectivity index (χ1v) is 8.05. The Kier molecular flexibility index (Phi) is 4.65. The summed E-state index contributed by atoms with van der Waals surface area (Å²) in [5.41, 5.74) is 1.11. The van der Waals surface area contributed by atoms with E-state index in [0.29, 0.717) is 12.4 Å². The summed E-state index contributed by atoms with van der Waals surface area (Å²) in [4.78, 5) is 28.8. The fourth-order valence-electron chi connectivity index (χ4n) is 3.32. The second kappa shape index (κ2) is 6.88. The zero-order chi connectivity index (χ0) is 18.0. The number of ether oxygens (including phenoxy) is 1. The van der Waals surface area contributed by atoms with Gasteiger partial charge in [0.2, 0.25) is 5.82 Å². The maximum absolute atomic E-state index is 11.6. The summed E-state index contributed by atoms with van der Waals surface area (Å²) in [7, 11) is 1.23. The average Bonchev–Trinajstić information content (AvgIpc) is 3.02. The normalized spacial score (nSPS) is 19.7. The van der Waals surface area contributed by atoms with Crippen molar-refractivity contribution in [1.29, 1.82) is 0 Å². The van der Waals surface area contributed by atoms with Crippen LogP contribution in [0, 0.1) is 10.1 Å². The molecule has 0 spiro atoms. The quantitative estimate of drug-likeness (QED) is 0.482. The van der Waals surface area contributed by atoms with Crippen LogP contribution in [0.5, 0.6) is 0 Å². The zero-order valence-corrected chi connectivity index (χ0v) is 14.1. The molecule has 1 aliphatic rings. The molecule has 130 valence electrons. The molecular formula is C18H19N3O4. The number of benzene rings is 1. The maximum Gasteiger partial charge on any atom is 0.339 e. The van der Waals surface area contributed by atoms with Gasteiger partial charge >= 0.3 is 11.7 Å². The highest BCUT2D eigenvalue weighted by Gasteiger charge is 2.35. The van der Waals surface area contributed by atoms with E-state index in [2.05, 4.69) is 21.9 Å². The van der Waals surface area contributed by atoms with Gasteiger partial charge in [-0.15, -0.1) is 0 Å². The fraction of sp³-hybridized carbons (Fsp3) is 0.333. The first-order chi connectivity index (χ1) is 12.0. The number of esters is 1. The summed E-state index contributed by atoms with van der Waals surface area (Å²) in [5, 5.41) is 11.5. The molecule has 2 unspecified atom stereocenters. The lowest BCUT2D eigenvalue weighted by Gasteiger charge is -2.22. The van der Waals surface area contributed by atoms with Crippen LogP contribution in [0.3, 0.4) is 0 Å². The van der Waals surface area contributed by atoms with Crippen molar-refractivity contribution in [2.24, 2.45) is 0 Å². The van der Waals surface area contributed by atoms with Crippen molar-refractivity contribution in [2.75, 3.05) is 18.6 Å². The van der Waals surface area contributed by atoms with Crippen LogP contribution in [0.1, 0.15) is 35.2 Å². The largest absolute Gasteiger partial charge is 0.465 e. The third-order valence-corrected chi connectivity index (χ3v) is 4.58. The van der Waals surface area contributed by atoms with Crippen molar-refractivity contribution >= 4 is 17.5 Å². The number of hydrogen-bond acceptors (Lipinski definition) is 6. The molecule has 1 fully saturated rings. The molecule has 0 N–H and O–H groups in total. The topological polar surface area (TPSA) is 85.6 Å². The molecule has 3 rings (SSSR count). The zero-order valence-electron chi connectivity index (χ0n) is 14.1. The molecule has 1 saturated heterocycles. The van der Waals surface area contributed by atoms with Gasteiger partial charge in [0.05, 0.1) is 17.6 Å². The number of carbonyl (C=O) groups excluding carboxylic acids is 1. The van der Waals surface area contributed by atoms with Gasteiger partial charge < -0.3 is 9.64 Å². The van der Waals surface area contributed by atoms with Gasteiger partial charge in [0.15, 0.2) is 0 Å². The number of rotatable bonds is 4. The molecule has 25 heavy (non-hydrogen) atoms. The van der Waals surface area contributed by atoms with Gasteiger partial charge in [-0.25, -0.2) is 9.78 Å². The Labute approximate surface area is 145 Å². The molecule has 7 nitrogen and oxygen atoms in total. The van der Waals surface area contributed by atoms with E-state index >= 15 is 0 Å². The van der Waals surface area contributed by atoms with Crippen LogP contribution in [-0.2, 0) is 4.74 Å². The second-order valence-electron chi connectivity index (χ2n) is 6.16. The lowest BCUT2D eigenvalue weighted by atomic mass is 9.97. The summed E-state index contributed by atoms with van der Waals surface area (Å²) < 4.78 is 4.62. The number of nitro groups is 1. The average molecular weight is 341 g/mol. The van der Waals surface area contributed by atoms with Crippen LogP contribution in [0.15, 0.2) is 42.6 Å². The van der Waals surface area contributed by atoms with Gasteiger partial charge in [0.25, 0.3) is 0 Å². The van der Waals surface area contributed by atoms with Crippen molar-refractivity contribution in [2.45, 2.75) is 25.3 Å². The van der Waals surface area contributed by atoms with E-state index in [1.807, 2.05) is 30.0 Å². The monoisotopic (exact) mass is 341 g/mol. The van der Waals surface area contributed by atoms with E-state index in [0.717, 1.165) is 6.42 Å². The minimum atomic E-state index is -0.640. The molecule has 1 aromatic carbocycles. The molecule has 0 amide bonds. The van der Waals surface area contributed by atoms with E-state index in [-0.39, 0.29) is 23.2 Å². The lowest BCUT2D eigenvalue weighted by Crippen LogP contribution is -2.28. The predicted octanol–water partition coefficient (Wildman–Crippen LogP) is 3.16. The Morgan fingerprint density at radius 1 is 1.36 bits per heavy atom. The van der Waals surface area contributed by atoms with Crippen molar-refractivity contribution in [3.05, 3.63) is 63.8 Å². The van der Waals surface area contributed by atoms with Crippen LogP contribution in [-0.4, -0.2) is 35.6 Å². The van der Waals surface area contributed by atoms with Gasteiger partial charge in [-0.3, -0.25) is 10.1 Å². The molecule has 0 aliphatic carbocycles. The number of carbonyl (C=O) groups is 1. The number of hydrogen-bond donors (Lipinski definition) is 0. The predicted molar refractivity (Wildman–Crippen MR) is 92.8 cm³/mol. The summed E-state index contributed by atoms with van der Waals surface area (Å²) in [6.07, 6.45) is 2.22. The molecule has 1 aliphatic heterocycles. The highest BCUT2D eigenvalue weighted by Crippen LogP contribution is 2.38. The summed E-state index contributed by atoms with van der Waals surface area (Å²) in [5.74, 6) is -0.0553. The Balaban J connectivity index is 1.93. The van der Waals surface area contributed by atoms with Gasteiger partial charge in [0.1, 0.15) is 0 Å². The van der Waals surface area contributed by atoms with Gasteiger partial charge in [-0.1, -0.05) is 30.3 Å². The van der Waals surface area contributed by atoms with Crippen LogP contribution in [0.2, 0.25) is 0 Å². The number of pyridine rings is 1. The Morgan fingerprint density at radius 3 is 2.72 bits per heavy atom. The van der Waals surface area contributed by atoms with Crippen molar-refractivity contribution < 1.29 is 14.5 Å². The minimum Gasteiger partial charge on any atom is -0.465 e. The molecule has 2 aromatic rings. The standard InChI is InChI=1S/C18H19N3O4/c1-12-8-15(13-6-4-3-5-7-13)11-20(12)17-16(21(23)24)9-14(10-19-17)18(22)25-2/h3-7,9-10,12,15H,8,11H2,1-2H3. The molecule has 7 heteroatoms. The molecule has 2 atom stereocenters. The molecular weight excluding hydrogens is 322 g/mol. The summed E-state index contributed by atoms with van der Waals surface area (Å²) in [6, 6.07) is 11.4. The first kappa shape index (κ1) is 16.9. The van der Waals surface area contributed by atoms with Gasteiger partial charge in [-0.2, -0.15) is 0 Å². The maximum atomic E-state index is 11.6. The number of aromatic nitrogens is 1. The molecule has 0 radical (unpaired) electrons. The van der Waals surface area contributed by atoms with E-state index in [9.17, 15) is 14.9 Å². The lowest BCUT2D eigenvalue weighted by molar-refractivity contribution is -0.384. The number of nitrogens with zero attached hydrogens (tertiary/aromatic N) is 3. The van der Waals surface area contributed by atoms with Crippen LogP contribution in [0.4, 0.5) is 11.5 Å². The van der Waals surface area contributed by atoms with Crippen molar-refractivity contribution in [3.8, 4) is 0 Å². The first-order valence-electron chi connectivity index (χ1n) is 8.05. The minimum absolute atomic E-state index is 0.0735. The van der Waals surface area contributed by atoms with Crippen molar-refractivity contribution in [3.63, 3.8) is 0 Å². The summed E-state index contributed by atoms with van der Waals surface area (Å²) >= 11 is 0. The van der Waals surface area contributed by atoms with Crippen LogP contribution in [0.25, 0.3) is 0 Å². The van der Waals surface area contributed by atoms with Crippen LogP contribution < -0.4 is 4.90 Å². The van der Waals surface area contributed by atoms with Gasteiger partial charge in [0, 0.05) is 30.8 Å². The fourth-order valence-corrected chi connectivity index (χ4v) is 3.32. The second-order valence-corrected chi connectivity index (χ2v) is 6.16. The van der Waals surface area contributed by atoms with E-state index in [4.69, 9.17) is 0 Å². The van der Waals surface area contributed by atoms with E-state index < -0.39 is 10.9 Å². The van der Waals surface area contributed by atoms with E-state index in [1.165, 1.54) is 24.9 Å².